The van der Waals surface area contributed by atoms with Crippen LogP contribution in [0.5, 0.6) is 0 Å². The highest BCUT2D eigenvalue weighted by molar-refractivity contribution is 9.10. The lowest BCUT2D eigenvalue weighted by atomic mass is 10.2. The first-order chi connectivity index (χ1) is 12.3. The molecule has 0 unspecified atom stereocenters. The largest absolute Gasteiger partial charge is 0.323 e. The number of fused-ring (bicyclic) bond motifs is 1. The summed E-state index contributed by atoms with van der Waals surface area (Å²) in [5.41, 5.74) is 3.52. The zero-order valence-electron chi connectivity index (χ0n) is 13.6. The molecule has 124 valence electrons. The molecule has 0 aliphatic carbocycles. The van der Waals surface area contributed by atoms with Crippen LogP contribution in [0.1, 0.15) is 11.4 Å². The van der Waals surface area contributed by atoms with Crippen LogP contribution in [0.2, 0.25) is 0 Å². The first kappa shape index (κ1) is 16.4. The third kappa shape index (κ3) is 3.80. The average Bonchev–Trinajstić information content (AvgIpc) is 3.00. The minimum atomic E-state index is 0.832. The van der Waals surface area contributed by atoms with Crippen molar-refractivity contribution in [1.82, 2.24) is 9.55 Å². The second-order valence-electron chi connectivity index (χ2n) is 5.83. The van der Waals surface area contributed by atoms with E-state index in [0.29, 0.717) is 0 Å². The molecule has 0 spiro atoms. The summed E-state index contributed by atoms with van der Waals surface area (Å²) in [5.74, 6) is 1.97. The second-order valence-corrected chi connectivity index (χ2v) is 7.80. The molecular weight excluding hydrogens is 392 g/mol. The standard InChI is InChI=1S/C21H17BrN2S/c22-17-12-10-16(11-13-17)14-24-20-9-5-4-8-19(20)23-21(24)15-25-18-6-2-1-3-7-18/h1-13H,14-15H2. The molecule has 4 heteroatoms. The molecule has 1 aromatic heterocycles. The van der Waals surface area contributed by atoms with Gasteiger partial charge < -0.3 is 4.57 Å². The summed E-state index contributed by atoms with van der Waals surface area (Å²) >= 11 is 5.33. The molecule has 0 N–H and O–H groups in total. The third-order valence-corrected chi connectivity index (χ3v) is 5.64. The van der Waals surface area contributed by atoms with E-state index in [-0.39, 0.29) is 0 Å². The first-order valence-electron chi connectivity index (χ1n) is 8.16. The van der Waals surface area contributed by atoms with E-state index in [4.69, 9.17) is 4.98 Å². The lowest BCUT2D eigenvalue weighted by Gasteiger charge is -2.10. The van der Waals surface area contributed by atoms with Gasteiger partial charge >= 0.3 is 0 Å². The number of aromatic nitrogens is 2. The summed E-state index contributed by atoms with van der Waals surface area (Å²) in [4.78, 5) is 6.14. The highest BCUT2D eigenvalue weighted by Gasteiger charge is 2.11. The van der Waals surface area contributed by atoms with Crippen molar-refractivity contribution in [3.05, 3.63) is 94.7 Å². The van der Waals surface area contributed by atoms with Gasteiger partial charge in [0.25, 0.3) is 0 Å². The number of halogens is 1. The summed E-state index contributed by atoms with van der Waals surface area (Å²) in [5, 5.41) is 0. The third-order valence-electron chi connectivity index (χ3n) is 4.10. The molecule has 4 rings (SSSR count). The minimum Gasteiger partial charge on any atom is -0.323 e. The maximum atomic E-state index is 4.87. The lowest BCUT2D eigenvalue weighted by Crippen LogP contribution is -2.04. The SMILES string of the molecule is Brc1ccc(Cn2c(CSc3ccccc3)nc3ccccc32)cc1. The maximum Gasteiger partial charge on any atom is 0.120 e. The normalized spacial score (nSPS) is 11.1. The van der Waals surface area contributed by atoms with Crippen LogP contribution in [0.15, 0.2) is 88.2 Å². The van der Waals surface area contributed by atoms with E-state index >= 15 is 0 Å². The molecule has 0 amide bonds. The van der Waals surface area contributed by atoms with Crippen molar-refractivity contribution in [3.8, 4) is 0 Å². The molecule has 4 aromatic rings. The quantitative estimate of drug-likeness (QED) is 0.369. The van der Waals surface area contributed by atoms with Crippen molar-refractivity contribution in [2.75, 3.05) is 0 Å². The van der Waals surface area contributed by atoms with E-state index in [1.807, 2.05) is 23.9 Å². The highest BCUT2D eigenvalue weighted by Crippen LogP contribution is 2.26. The van der Waals surface area contributed by atoms with Gasteiger partial charge in [-0.2, -0.15) is 0 Å². The van der Waals surface area contributed by atoms with Gasteiger partial charge in [-0.25, -0.2) is 4.98 Å². The molecule has 0 saturated carbocycles. The number of thioether (sulfide) groups is 1. The highest BCUT2D eigenvalue weighted by atomic mass is 79.9. The van der Waals surface area contributed by atoms with E-state index in [1.165, 1.54) is 16.0 Å². The smallest absolute Gasteiger partial charge is 0.120 e. The maximum absolute atomic E-state index is 4.87. The Morgan fingerprint density at radius 3 is 2.36 bits per heavy atom. The molecule has 0 aliphatic heterocycles. The predicted molar refractivity (Wildman–Crippen MR) is 109 cm³/mol. The van der Waals surface area contributed by atoms with Crippen LogP contribution in [0, 0.1) is 0 Å². The zero-order chi connectivity index (χ0) is 17.1. The Kier molecular flexibility index (Phi) is 4.90. The van der Waals surface area contributed by atoms with Crippen LogP contribution in [0.3, 0.4) is 0 Å². The topological polar surface area (TPSA) is 17.8 Å². The van der Waals surface area contributed by atoms with E-state index < -0.39 is 0 Å². The summed E-state index contributed by atoms with van der Waals surface area (Å²) in [6.07, 6.45) is 0. The Hall–Kier alpha value is -2.04. The van der Waals surface area contributed by atoms with Gasteiger partial charge in [-0.3, -0.25) is 0 Å². The Morgan fingerprint density at radius 1 is 0.840 bits per heavy atom. The number of hydrogen-bond acceptors (Lipinski definition) is 2. The fraction of sp³-hybridized carbons (Fsp3) is 0.0952. The number of nitrogens with zero attached hydrogens (tertiary/aromatic N) is 2. The Balaban J connectivity index is 1.66. The molecule has 0 saturated heterocycles. The number of para-hydroxylation sites is 2. The van der Waals surface area contributed by atoms with Gasteiger partial charge in [0.2, 0.25) is 0 Å². The summed E-state index contributed by atoms with van der Waals surface area (Å²) in [6, 6.07) is 27.4. The van der Waals surface area contributed by atoms with E-state index in [0.717, 1.165) is 28.1 Å². The lowest BCUT2D eigenvalue weighted by molar-refractivity contribution is 0.780. The van der Waals surface area contributed by atoms with Gasteiger partial charge in [0, 0.05) is 15.9 Å². The van der Waals surface area contributed by atoms with Crippen molar-refractivity contribution in [2.45, 2.75) is 17.2 Å². The van der Waals surface area contributed by atoms with Crippen molar-refractivity contribution >= 4 is 38.7 Å². The molecular formula is C21H17BrN2S. The number of rotatable bonds is 5. The van der Waals surface area contributed by atoms with Gasteiger partial charge in [0.15, 0.2) is 0 Å². The number of imidazole rings is 1. The monoisotopic (exact) mass is 408 g/mol. The fourth-order valence-corrected chi connectivity index (χ4v) is 3.98. The van der Waals surface area contributed by atoms with Crippen LogP contribution in [-0.4, -0.2) is 9.55 Å². The first-order valence-corrected chi connectivity index (χ1v) is 9.94. The summed E-state index contributed by atoms with van der Waals surface area (Å²) < 4.78 is 3.43. The van der Waals surface area contributed by atoms with E-state index in [9.17, 15) is 0 Å². The molecule has 0 fully saturated rings. The fourth-order valence-electron chi connectivity index (χ4n) is 2.85. The number of benzene rings is 3. The number of hydrogen-bond donors (Lipinski definition) is 0. The van der Waals surface area contributed by atoms with Crippen LogP contribution < -0.4 is 0 Å². The molecule has 1 heterocycles. The Morgan fingerprint density at radius 2 is 1.56 bits per heavy atom. The summed E-state index contributed by atoms with van der Waals surface area (Å²) in [7, 11) is 0. The van der Waals surface area contributed by atoms with Crippen molar-refractivity contribution in [3.63, 3.8) is 0 Å². The minimum absolute atomic E-state index is 0.832. The van der Waals surface area contributed by atoms with Crippen LogP contribution in [0.4, 0.5) is 0 Å². The summed E-state index contributed by atoms with van der Waals surface area (Å²) in [6.45, 7) is 0.832. The van der Waals surface area contributed by atoms with Crippen molar-refractivity contribution < 1.29 is 0 Å². The molecule has 0 atom stereocenters. The van der Waals surface area contributed by atoms with Gasteiger partial charge in [-0.15, -0.1) is 11.8 Å². The molecule has 0 radical (unpaired) electrons. The molecule has 0 bridgehead atoms. The zero-order valence-corrected chi connectivity index (χ0v) is 16.0. The van der Waals surface area contributed by atoms with E-state index in [1.54, 1.807) is 0 Å². The predicted octanol–water partition coefficient (Wildman–Crippen LogP) is 6.14. The van der Waals surface area contributed by atoms with Crippen LogP contribution in [-0.2, 0) is 12.3 Å². The van der Waals surface area contributed by atoms with Gasteiger partial charge in [-0.1, -0.05) is 58.4 Å². The van der Waals surface area contributed by atoms with Gasteiger partial charge in [0.1, 0.15) is 5.82 Å². The molecule has 3 aromatic carbocycles. The average molecular weight is 409 g/mol. The second kappa shape index (κ2) is 7.46. The molecule has 25 heavy (non-hydrogen) atoms. The van der Waals surface area contributed by atoms with Crippen LogP contribution in [0.25, 0.3) is 11.0 Å². The Labute approximate surface area is 160 Å². The molecule has 2 nitrogen and oxygen atoms in total. The van der Waals surface area contributed by atoms with Crippen molar-refractivity contribution in [2.24, 2.45) is 0 Å². The molecule has 0 aliphatic rings. The van der Waals surface area contributed by atoms with Gasteiger partial charge in [-0.05, 0) is 42.0 Å². The Bertz CT molecular complexity index is 978. The van der Waals surface area contributed by atoms with Crippen molar-refractivity contribution in [1.29, 1.82) is 0 Å². The van der Waals surface area contributed by atoms with Crippen LogP contribution >= 0.6 is 27.7 Å². The van der Waals surface area contributed by atoms with Gasteiger partial charge in [0.05, 0.1) is 16.8 Å². The van der Waals surface area contributed by atoms with E-state index in [2.05, 4.69) is 87.2 Å².